The van der Waals surface area contributed by atoms with Gasteiger partial charge in [-0.15, -0.1) is 24.8 Å². The first-order valence-corrected chi connectivity index (χ1v) is 4.84. The molecule has 5 nitrogen and oxygen atoms in total. The Bertz CT molecular complexity index is 565. The molecule has 2 rings (SSSR count). The van der Waals surface area contributed by atoms with Crippen molar-refractivity contribution in [3.63, 3.8) is 0 Å². The van der Waals surface area contributed by atoms with Crippen LogP contribution < -0.4 is 11.1 Å². The number of aromatic amines is 1. The van der Waals surface area contributed by atoms with Crippen LogP contribution in [0.25, 0.3) is 10.9 Å². The second kappa shape index (κ2) is 6.88. The van der Waals surface area contributed by atoms with Crippen molar-refractivity contribution < 1.29 is 4.79 Å². The van der Waals surface area contributed by atoms with Gasteiger partial charge >= 0.3 is 0 Å². The van der Waals surface area contributed by atoms with Gasteiger partial charge in [0.05, 0.1) is 5.56 Å². The summed E-state index contributed by atoms with van der Waals surface area (Å²) < 4.78 is 0. The van der Waals surface area contributed by atoms with Crippen molar-refractivity contribution in [2.75, 3.05) is 7.05 Å². The number of hydrogen-bond acceptors (Lipinski definition) is 1. The third-order valence-electron chi connectivity index (χ3n) is 2.30. The van der Waals surface area contributed by atoms with Gasteiger partial charge < -0.3 is 16.0 Å². The van der Waals surface area contributed by atoms with Crippen LogP contribution in [-0.4, -0.2) is 23.9 Å². The van der Waals surface area contributed by atoms with Crippen molar-refractivity contribution in [3.05, 3.63) is 36.0 Å². The molecule has 1 amide bonds. The first-order valence-electron chi connectivity index (χ1n) is 4.84. The molecule has 0 radical (unpaired) electrons. The Morgan fingerprint density at radius 1 is 1.33 bits per heavy atom. The number of nitrogens with zero attached hydrogens (tertiary/aromatic N) is 1. The minimum absolute atomic E-state index is 0. The SMILES string of the molecule is CNC(N)=NC(=O)c1c[nH]c2ccccc12.Cl.Cl. The van der Waals surface area contributed by atoms with E-state index in [2.05, 4.69) is 15.3 Å². The van der Waals surface area contributed by atoms with Crippen molar-refractivity contribution in [2.24, 2.45) is 10.7 Å². The van der Waals surface area contributed by atoms with Crippen LogP contribution in [0.15, 0.2) is 35.5 Å². The number of carbonyl (C=O) groups is 1. The lowest BCUT2D eigenvalue weighted by molar-refractivity contribution is 0.100. The predicted molar refractivity (Wildman–Crippen MR) is 77.8 cm³/mol. The summed E-state index contributed by atoms with van der Waals surface area (Å²) in [5, 5.41) is 3.45. The summed E-state index contributed by atoms with van der Waals surface area (Å²) in [6.07, 6.45) is 1.64. The van der Waals surface area contributed by atoms with Gasteiger partial charge in [0, 0.05) is 24.1 Å². The number of nitrogens with two attached hydrogens (primary N) is 1. The lowest BCUT2D eigenvalue weighted by Crippen LogP contribution is -2.28. The van der Waals surface area contributed by atoms with Crippen LogP contribution >= 0.6 is 24.8 Å². The Hall–Kier alpha value is -1.72. The fraction of sp³-hybridized carbons (Fsp3) is 0.0909. The number of aromatic nitrogens is 1. The first-order chi connectivity index (χ1) is 7.72. The molecule has 0 fully saturated rings. The van der Waals surface area contributed by atoms with E-state index in [1.165, 1.54) is 0 Å². The van der Waals surface area contributed by atoms with Gasteiger partial charge in [0.25, 0.3) is 5.91 Å². The molecule has 0 atom stereocenters. The molecule has 2 aromatic rings. The molecule has 0 aliphatic carbocycles. The summed E-state index contributed by atoms with van der Waals surface area (Å²) in [5.74, 6) is -0.250. The number of aliphatic imine (C=N–C) groups is 1. The topological polar surface area (TPSA) is 83.3 Å². The number of para-hydroxylation sites is 1. The van der Waals surface area contributed by atoms with E-state index in [0.717, 1.165) is 10.9 Å². The summed E-state index contributed by atoms with van der Waals surface area (Å²) >= 11 is 0. The Morgan fingerprint density at radius 3 is 2.67 bits per heavy atom. The molecule has 4 N–H and O–H groups in total. The third-order valence-corrected chi connectivity index (χ3v) is 2.30. The molecule has 7 heteroatoms. The Kier molecular flexibility index (Phi) is 6.22. The molecule has 0 bridgehead atoms. The number of H-pyrrole nitrogens is 1. The average molecular weight is 289 g/mol. The van der Waals surface area contributed by atoms with E-state index in [4.69, 9.17) is 5.73 Å². The smallest absolute Gasteiger partial charge is 0.282 e. The molecular weight excluding hydrogens is 275 g/mol. The van der Waals surface area contributed by atoms with Crippen molar-refractivity contribution in [2.45, 2.75) is 0 Å². The first kappa shape index (κ1) is 16.3. The number of fused-ring (bicyclic) bond motifs is 1. The Morgan fingerprint density at radius 2 is 2.00 bits per heavy atom. The number of amides is 1. The zero-order valence-corrected chi connectivity index (χ0v) is 11.3. The van der Waals surface area contributed by atoms with Crippen LogP contribution in [0.5, 0.6) is 0 Å². The standard InChI is InChI=1S/C11H12N4O.2ClH/c1-13-11(12)15-10(16)8-6-14-9-5-3-2-4-7(8)9;;/h2-6,14H,1H3,(H3,12,13,15,16);2*1H. The lowest BCUT2D eigenvalue weighted by Gasteiger charge is -1.97. The Balaban J connectivity index is 0.00000144. The maximum atomic E-state index is 11.8. The van der Waals surface area contributed by atoms with Gasteiger partial charge in [-0.05, 0) is 6.07 Å². The number of carbonyl (C=O) groups excluding carboxylic acids is 1. The van der Waals surface area contributed by atoms with Gasteiger partial charge in [-0.2, -0.15) is 4.99 Å². The van der Waals surface area contributed by atoms with Gasteiger partial charge in [0.2, 0.25) is 0 Å². The third kappa shape index (κ3) is 3.15. The molecule has 0 aliphatic rings. The molecule has 1 heterocycles. The zero-order valence-electron chi connectivity index (χ0n) is 9.64. The van der Waals surface area contributed by atoms with Crippen LogP contribution in [0.4, 0.5) is 0 Å². The van der Waals surface area contributed by atoms with Crippen LogP contribution in [-0.2, 0) is 0 Å². The van der Waals surface area contributed by atoms with Gasteiger partial charge in [-0.3, -0.25) is 4.79 Å². The predicted octanol–water partition coefficient (Wildman–Crippen LogP) is 1.69. The minimum Gasteiger partial charge on any atom is -0.370 e. The van der Waals surface area contributed by atoms with Crippen molar-refractivity contribution in [1.82, 2.24) is 10.3 Å². The average Bonchev–Trinajstić information content (AvgIpc) is 2.72. The quantitative estimate of drug-likeness (QED) is 0.552. The molecule has 0 saturated heterocycles. The number of rotatable bonds is 1. The summed E-state index contributed by atoms with van der Waals surface area (Å²) in [7, 11) is 1.61. The van der Waals surface area contributed by atoms with E-state index >= 15 is 0 Å². The highest BCUT2D eigenvalue weighted by Crippen LogP contribution is 2.18. The fourth-order valence-electron chi connectivity index (χ4n) is 1.47. The number of nitrogens with one attached hydrogen (secondary N) is 2. The maximum absolute atomic E-state index is 11.8. The highest BCUT2D eigenvalue weighted by atomic mass is 35.5. The van der Waals surface area contributed by atoms with E-state index in [-0.39, 0.29) is 36.7 Å². The zero-order chi connectivity index (χ0) is 11.5. The molecule has 0 saturated carbocycles. The van der Waals surface area contributed by atoms with Crippen LogP contribution in [0.2, 0.25) is 0 Å². The normalized spacial score (nSPS) is 10.4. The van der Waals surface area contributed by atoms with Crippen molar-refractivity contribution in [1.29, 1.82) is 0 Å². The van der Waals surface area contributed by atoms with Crippen molar-refractivity contribution >= 4 is 47.6 Å². The second-order valence-corrected chi connectivity index (χ2v) is 3.30. The molecule has 0 aliphatic heterocycles. The van der Waals surface area contributed by atoms with Crippen molar-refractivity contribution in [3.8, 4) is 0 Å². The summed E-state index contributed by atoms with van der Waals surface area (Å²) in [6.45, 7) is 0. The van der Waals surface area contributed by atoms with E-state index in [1.54, 1.807) is 13.2 Å². The number of benzene rings is 1. The monoisotopic (exact) mass is 288 g/mol. The van der Waals surface area contributed by atoms with E-state index in [9.17, 15) is 4.79 Å². The molecule has 18 heavy (non-hydrogen) atoms. The van der Waals surface area contributed by atoms with Gasteiger partial charge in [0.15, 0.2) is 5.96 Å². The molecular formula is C11H14Cl2N4O. The van der Waals surface area contributed by atoms with E-state index < -0.39 is 0 Å². The molecule has 1 aromatic carbocycles. The van der Waals surface area contributed by atoms with Gasteiger partial charge in [-0.25, -0.2) is 0 Å². The van der Waals surface area contributed by atoms with Crippen LogP contribution in [0, 0.1) is 0 Å². The van der Waals surface area contributed by atoms with E-state index in [1.807, 2.05) is 24.3 Å². The van der Waals surface area contributed by atoms with Gasteiger partial charge in [0.1, 0.15) is 0 Å². The Labute approximate surface area is 117 Å². The summed E-state index contributed by atoms with van der Waals surface area (Å²) in [6, 6.07) is 7.54. The van der Waals surface area contributed by atoms with Crippen LogP contribution in [0.1, 0.15) is 10.4 Å². The highest BCUT2D eigenvalue weighted by molar-refractivity contribution is 6.10. The number of hydrogen-bond donors (Lipinski definition) is 3. The largest absolute Gasteiger partial charge is 0.370 e. The van der Waals surface area contributed by atoms with E-state index in [0.29, 0.717) is 5.56 Å². The molecule has 98 valence electrons. The molecule has 1 aromatic heterocycles. The molecule has 0 spiro atoms. The highest BCUT2D eigenvalue weighted by Gasteiger charge is 2.10. The van der Waals surface area contributed by atoms with Gasteiger partial charge in [-0.1, -0.05) is 18.2 Å². The maximum Gasteiger partial charge on any atom is 0.282 e. The summed E-state index contributed by atoms with van der Waals surface area (Å²) in [5.41, 5.74) is 6.86. The summed E-state index contributed by atoms with van der Waals surface area (Å²) in [4.78, 5) is 18.5. The fourth-order valence-corrected chi connectivity index (χ4v) is 1.47. The number of guanidine groups is 1. The second-order valence-electron chi connectivity index (χ2n) is 3.30. The lowest BCUT2D eigenvalue weighted by atomic mass is 10.2. The minimum atomic E-state index is -0.357. The number of halogens is 2. The molecule has 0 unspecified atom stereocenters. The van der Waals surface area contributed by atoms with Crippen LogP contribution in [0.3, 0.4) is 0 Å².